The van der Waals surface area contributed by atoms with Crippen LogP contribution in [0, 0.1) is 0 Å². The first-order valence-corrected chi connectivity index (χ1v) is 6.11. The van der Waals surface area contributed by atoms with E-state index < -0.39 is 5.97 Å². The van der Waals surface area contributed by atoms with Crippen molar-refractivity contribution in [3.63, 3.8) is 0 Å². The largest absolute Gasteiger partial charge is 0.497 e. The van der Waals surface area contributed by atoms with Gasteiger partial charge in [-0.1, -0.05) is 12.1 Å². The summed E-state index contributed by atoms with van der Waals surface area (Å²) < 4.78 is 5.11. The zero-order chi connectivity index (χ0) is 14.3. The van der Waals surface area contributed by atoms with Crippen molar-refractivity contribution in [3.05, 3.63) is 29.8 Å². The number of carbonyl (C=O) groups is 2. The first-order chi connectivity index (χ1) is 9.02. The zero-order valence-corrected chi connectivity index (χ0v) is 11.3. The van der Waals surface area contributed by atoms with E-state index in [1.807, 2.05) is 24.3 Å². The van der Waals surface area contributed by atoms with Gasteiger partial charge in [0.25, 0.3) is 0 Å². The number of hydrogen-bond acceptors (Lipinski definition) is 3. The van der Waals surface area contributed by atoms with Crippen LogP contribution >= 0.6 is 0 Å². The van der Waals surface area contributed by atoms with E-state index >= 15 is 0 Å². The minimum Gasteiger partial charge on any atom is -0.497 e. The van der Waals surface area contributed by atoms with E-state index in [1.54, 1.807) is 14.2 Å². The zero-order valence-electron chi connectivity index (χ0n) is 11.3. The van der Waals surface area contributed by atoms with E-state index in [0.29, 0.717) is 12.8 Å². The van der Waals surface area contributed by atoms with Gasteiger partial charge in [0.15, 0.2) is 0 Å². The number of rotatable bonds is 7. The first-order valence-electron chi connectivity index (χ1n) is 6.11. The molecule has 0 heterocycles. The van der Waals surface area contributed by atoms with Gasteiger partial charge in [-0.25, -0.2) is 0 Å². The van der Waals surface area contributed by atoms with Gasteiger partial charge >= 0.3 is 5.97 Å². The number of carbonyl (C=O) groups excluding carboxylic acids is 1. The van der Waals surface area contributed by atoms with Crippen LogP contribution in [0.25, 0.3) is 0 Å². The Balaban J connectivity index is 2.42. The number of nitrogens with zero attached hydrogens (tertiary/aromatic N) is 1. The fourth-order valence-corrected chi connectivity index (χ4v) is 1.66. The van der Waals surface area contributed by atoms with Crippen LogP contribution in [-0.2, 0) is 16.0 Å². The molecule has 0 aliphatic rings. The lowest BCUT2D eigenvalue weighted by molar-refractivity contribution is -0.138. The number of aryl methyl sites for hydroxylation is 1. The molecule has 0 aromatic heterocycles. The average molecular weight is 265 g/mol. The van der Waals surface area contributed by atoms with Gasteiger partial charge in [-0.2, -0.15) is 0 Å². The molecule has 0 saturated carbocycles. The highest BCUT2D eigenvalue weighted by atomic mass is 16.5. The summed E-state index contributed by atoms with van der Waals surface area (Å²) in [4.78, 5) is 23.7. The van der Waals surface area contributed by atoms with E-state index in [-0.39, 0.29) is 18.9 Å². The summed E-state index contributed by atoms with van der Waals surface area (Å²) in [5.41, 5.74) is 1.03. The Morgan fingerprint density at radius 1 is 1.32 bits per heavy atom. The predicted molar refractivity (Wildman–Crippen MR) is 71.2 cm³/mol. The maximum atomic E-state index is 11.8. The maximum Gasteiger partial charge on any atom is 0.305 e. The minimum atomic E-state index is -0.896. The lowest BCUT2D eigenvalue weighted by Gasteiger charge is -2.15. The van der Waals surface area contributed by atoms with Crippen molar-refractivity contribution in [2.75, 3.05) is 20.7 Å². The van der Waals surface area contributed by atoms with Crippen molar-refractivity contribution in [2.45, 2.75) is 19.3 Å². The second-order valence-electron chi connectivity index (χ2n) is 4.31. The van der Waals surface area contributed by atoms with Crippen molar-refractivity contribution in [1.29, 1.82) is 0 Å². The molecule has 5 nitrogen and oxygen atoms in total. The van der Waals surface area contributed by atoms with Gasteiger partial charge in [-0.05, 0) is 24.1 Å². The fraction of sp³-hybridized carbons (Fsp3) is 0.429. The van der Waals surface area contributed by atoms with Crippen LogP contribution in [0.2, 0.25) is 0 Å². The molecule has 1 N–H and O–H groups in total. The Morgan fingerprint density at radius 3 is 2.68 bits per heavy atom. The molecule has 1 aromatic rings. The van der Waals surface area contributed by atoms with Crippen LogP contribution in [0.5, 0.6) is 5.75 Å². The molecule has 0 spiro atoms. The van der Waals surface area contributed by atoms with Crippen LogP contribution in [0.4, 0.5) is 0 Å². The molecule has 1 rings (SSSR count). The summed E-state index contributed by atoms with van der Waals surface area (Å²) in [6, 6.07) is 7.56. The van der Waals surface area contributed by atoms with Crippen molar-refractivity contribution in [3.8, 4) is 5.75 Å². The predicted octanol–water partition coefficient (Wildman–Crippen LogP) is 1.56. The third-order valence-corrected chi connectivity index (χ3v) is 2.85. The van der Waals surface area contributed by atoms with Crippen molar-refractivity contribution in [1.82, 2.24) is 4.90 Å². The number of amides is 1. The quantitative estimate of drug-likeness (QED) is 0.812. The van der Waals surface area contributed by atoms with Crippen LogP contribution in [0.15, 0.2) is 24.3 Å². The van der Waals surface area contributed by atoms with E-state index in [9.17, 15) is 9.59 Å². The number of aliphatic carboxylic acids is 1. The number of ether oxygens (including phenoxy) is 1. The Morgan fingerprint density at radius 2 is 2.05 bits per heavy atom. The molecule has 5 heteroatoms. The van der Waals surface area contributed by atoms with Gasteiger partial charge in [-0.3, -0.25) is 9.59 Å². The summed E-state index contributed by atoms with van der Waals surface area (Å²) in [7, 11) is 3.22. The second kappa shape index (κ2) is 7.41. The molecule has 0 bridgehead atoms. The third kappa shape index (κ3) is 5.42. The molecule has 0 unspecified atom stereocenters. The highest BCUT2D eigenvalue weighted by Crippen LogP contribution is 2.14. The third-order valence-electron chi connectivity index (χ3n) is 2.85. The van der Waals surface area contributed by atoms with E-state index in [2.05, 4.69) is 0 Å². The van der Waals surface area contributed by atoms with Crippen molar-refractivity contribution >= 4 is 11.9 Å². The lowest BCUT2D eigenvalue weighted by Crippen LogP contribution is -2.29. The highest BCUT2D eigenvalue weighted by molar-refractivity contribution is 5.77. The summed E-state index contributed by atoms with van der Waals surface area (Å²) in [5, 5.41) is 8.56. The van der Waals surface area contributed by atoms with Gasteiger partial charge < -0.3 is 14.7 Å². The van der Waals surface area contributed by atoms with Crippen LogP contribution < -0.4 is 4.74 Å². The molecule has 0 atom stereocenters. The number of benzene rings is 1. The molecule has 0 aliphatic heterocycles. The Hall–Kier alpha value is -2.04. The number of hydrogen-bond donors (Lipinski definition) is 1. The molecule has 0 radical (unpaired) electrons. The van der Waals surface area contributed by atoms with E-state index in [4.69, 9.17) is 9.84 Å². The molecule has 1 amide bonds. The normalized spacial score (nSPS) is 10.0. The first kappa shape index (κ1) is 15.0. The smallest absolute Gasteiger partial charge is 0.305 e. The summed E-state index contributed by atoms with van der Waals surface area (Å²) >= 11 is 0. The SMILES string of the molecule is COc1cccc(CCC(=O)N(C)CCC(=O)O)c1. The summed E-state index contributed by atoms with van der Waals surface area (Å²) in [6.45, 7) is 0.242. The molecule has 1 aromatic carbocycles. The molecule has 0 saturated heterocycles. The average Bonchev–Trinajstić information content (AvgIpc) is 2.42. The molecule has 0 aliphatic carbocycles. The maximum absolute atomic E-state index is 11.8. The van der Waals surface area contributed by atoms with Gasteiger partial charge in [0, 0.05) is 20.0 Å². The van der Waals surface area contributed by atoms with Gasteiger partial charge in [0.1, 0.15) is 5.75 Å². The van der Waals surface area contributed by atoms with Gasteiger partial charge in [0.2, 0.25) is 5.91 Å². The van der Waals surface area contributed by atoms with Crippen LogP contribution in [-0.4, -0.2) is 42.6 Å². The second-order valence-corrected chi connectivity index (χ2v) is 4.31. The Kier molecular flexibility index (Phi) is 5.85. The van der Waals surface area contributed by atoms with Crippen molar-refractivity contribution in [2.24, 2.45) is 0 Å². The standard InChI is InChI=1S/C14H19NO4/c1-15(9-8-14(17)18)13(16)7-6-11-4-3-5-12(10-11)19-2/h3-5,10H,6-9H2,1-2H3,(H,17,18). The molecule has 19 heavy (non-hydrogen) atoms. The van der Waals surface area contributed by atoms with E-state index in [0.717, 1.165) is 11.3 Å². The fourth-order valence-electron chi connectivity index (χ4n) is 1.66. The minimum absolute atomic E-state index is 0.0264. The topological polar surface area (TPSA) is 66.8 Å². The Bertz CT molecular complexity index is 445. The molecule has 104 valence electrons. The highest BCUT2D eigenvalue weighted by Gasteiger charge is 2.10. The molecular formula is C14H19NO4. The lowest BCUT2D eigenvalue weighted by atomic mass is 10.1. The van der Waals surface area contributed by atoms with E-state index in [1.165, 1.54) is 4.90 Å². The summed E-state index contributed by atoms with van der Waals surface area (Å²) in [6.07, 6.45) is 0.956. The van der Waals surface area contributed by atoms with Crippen LogP contribution in [0.3, 0.4) is 0 Å². The number of carboxylic acid groups (broad SMARTS) is 1. The summed E-state index contributed by atoms with van der Waals surface area (Å²) in [5.74, 6) is -0.180. The number of methoxy groups -OCH3 is 1. The van der Waals surface area contributed by atoms with Crippen LogP contribution in [0.1, 0.15) is 18.4 Å². The van der Waals surface area contributed by atoms with Crippen molar-refractivity contribution < 1.29 is 19.4 Å². The molecule has 0 fully saturated rings. The monoisotopic (exact) mass is 265 g/mol. The van der Waals surface area contributed by atoms with Gasteiger partial charge in [-0.15, -0.1) is 0 Å². The van der Waals surface area contributed by atoms with Gasteiger partial charge in [0.05, 0.1) is 13.5 Å². The Labute approximate surface area is 112 Å². The number of carboxylic acids is 1. The molecular weight excluding hydrogens is 246 g/mol.